The van der Waals surface area contributed by atoms with Crippen molar-refractivity contribution in [1.82, 2.24) is 0 Å². The summed E-state index contributed by atoms with van der Waals surface area (Å²) in [6.07, 6.45) is 2.75. The molecular weight excluding hydrogens is 144 g/mol. The molecule has 0 aliphatic heterocycles. The predicted molar refractivity (Wildman–Crippen MR) is 42.4 cm³/mol. The van der Waals surface area contributed by atoms with E-state index in [0.717, 1.165) is 6.08 Å². The highest BCUT2D eigenvalue weighted by atomic mass is 16.5. The number of hydrogen-bond donors (Lipinski definition) is 1. The molecule has 62 valence electrons. The van der Waals surface area contributed by atoms with Crippen molar-refractivity contribution in [3.8, 4) is 0 Å². The fraction of sp³-hybridized carbons (Fsp3) is 0.375. The van der Waals surface area contributed by atoms with Gasteiger partial charge in [0.1, 0.15) is 0 Å². The van der Waals surface area contributed by atoms with E-state index in [9.17, 15) is 4.79 Å². The summed E-state index contributed by atoms with van der Waals surface area (Å²) in [6.45, 7) is 5.96. The standard InChI is InChI=1S/C8H12O3/c1-3-4-11-6-7(2)5-8(9)10/h3,5H,1,4,6H2,2H3,(H,9,10). The van der Waals surface area contributed by atoms with E-state index in [1.165, 1.54) is 0 Å². The van der Waals surface area contributed by atoms with E-state index in [-0.39, 0.29) is 0 Å². The van der Waals surface area contributed by atoms with Crippen LogP contribution in [-0.2, 0) is 9.53 Å². The molecule has 0 heterocycles. The van der Waals surface area contributed by atoms with Crippen LogP contribution in [0.5, 0.6) is 0 Å². The van der Waals surface area contributed by atoms with Crippen LogP contribution >= 0.6 is 0 Å². The number of aliphatic carboxylic acids is 1. The van der Waals surface area contributed by atoms with Crippen molar-refractivity contribution in [3.63, 3.8) is 0 Å². The third kappa shape index (κ3) is 6.80. The van der Waals surface area contributed by atoms with Crippen molar-refractivity contribution in [1.29, 1.82) is 0 Å². The van der Waals surface area contributed by atoms with Crippen molar-refractivity contribution in [2.45, 2.75) is 6.92 Å². The van der Waals surface area contributed by atoms with Crippen molar-refractivity contribution in [2.24, 2.45) is 0 Å². The van der Waals surface area contributed by atoms with E-state index in [2.05, 4.69) is 6.58 Å². The van der Waals surface area contributed by atoms with Gasteiger partial charge in [0.25, 0.3) is 0 Å². The highest BCUT2D eigenvalue weighted by molar-refractivity contribution is 5.80. The van der Waals surface area contributed by atoms with Crippen molar-refractivity contribution < 1.29 is 14.6 Å². The SMILES string of the molecule is C=CCOCC(C)=CC(=O)O. The molecule has 0 aliphatic rings. The van der Waals surface area contributed by atoms with Crippen LogP contribution in [0.4, 0.5) is 0 Å². The molecule has 0 fully saturated rings. The van der Waals surface area contributed by atoms with Gasteiger partial charge in [0.15, 0.2) is 0 Å². The summed E-state index contributed by atoms with van der Waals surface area (Å²) in [5.74, 6) is -0.940. The van der Waals surface area contributed by atoms with Crippen LogP contribution < -0.4 is 0 Å². The lowest BCUT2D eigenvalue weighted by Gasteiger charge is -1.98. The lowest BCUT2D eigenvalue weighted by atomic mass is 10.3. The molecule has 3 nitrogen and oxygen atoms in total. The molecule has 0 aromatic heterocycles. The molecule has 11 heavy (non-hydrogen) atoms. The Balaban J connectivity index is 3.59. The first-order valence-corrected chi connectivity index (χ1v) is 3.25. The number of carboxylic acids is 1. The maximum Gasteiger partial charge on any atom is 0.328 e. The number of carboxylic acid groups (broad SMARTS) is 1. The van der Waals surface area contributed by atoms with E-state index in [0.29, 0.717) is 18.8 Å². The molecule has 0 rings (SSSR count). The maximum atomic E-state index is 10.1. The van der Waals surface area contributed by atoms with Gasteiger partial charge < -0.3 is 9.84 Å². The van der Waals surface area contributed by atoms with Crippen LogP contribution in [0.25, 0.3) is 0 Å². The minimum absolute atomic E-state index is 0.346. The fourth-order valence-corrected chi connectivity index (χ4v) is 0.556. The molecule has 3 heteroatoms. The molecule has 0 unspecified atom stereocenters. The van der Waals surface area contributed by atoms with Crippen LogP contribution in [0.15, 0.2) is 24.3 Å². The second-order valence-electron chi connectivity index (χ2n) is 2.13. The molecule has 0 amide bonds. The molecule has 0 aromatic carbocycles. The van der Waals surface area contributed by atoms with E-state index < -0.39 is 5.97 Å². The minimum Gasteiger partial charge on any atom is -0.478 e. The Labute approximate surface area is 66.0 Å². The van der Waals surface area contributed by atoms with E-state index in [1.807, 2.05) is 0 Å². The van der Waals surface area contributed by atoms with Crippen LogP contribution in [0.3, 0.4) is 0 Å². The summed E-state index contributed by atoms with van der Waals surface area (Å²) >= 11 is 0. The summed E-state index contributed by atoms with van der Waals surface area (Å²) in [7, 11) is 0. The normalized spacial score (nSPS) is 11.2. The van der Waals surface area contributed by atoms with Gasteiger partial charge in [0.2, 0.25) is 0 Å². The average molecular weight is 156 g/mol. The molecular formula is C8H12O3. The lowest BCUT2D eigenvalue weighted by Crippen LogP contribution is -1.98. The zero-order chi connectivity index (χ0) is 8.69. The molecule has 0 spiro atoms. The second kappa shape index (κ2) is 5.68. The van der Waals surface area contributed by atoms with Gasteiger partial charge in [-0.2, -0.15) is 0 Å². The maximum absolute atomic E-state index is 10.1. The molecule has 0 radical (unpaired) electrons. The van der Waals surface area contributed by atoms with Crippen LogP contribution in [0, 0.1) is 0 Å². The molecule has 0 bridgehead atoms. The van der Waals surface area contributed by atoms with Crippen LogP contribution in [-0.4, -0.2) is 24.3 Å². The summed E-state index contributed by atoms with van der Waals surface area (Å²) in [4.78, 5) is 10.1. The van der Waals surface area contributed by atoms with Crippen LogP contribution in [0.2, 0.25) is 0 Å². The summed E-state index contributed by atoms with van der Waals surface area (Å²) in [5, 5.41) is 8.29. The minimum atomic E-state index is -0.940. The Hall–Kier alpha value is -1.09. The second-order valence-corrected chi connectivity index (χ2v) is 2.13. The molecule has 0 aliphatic carbocycles. The van der Waals surface area contributed by atoms with Gasteiger partial charge in [-0.15, -0.1) is 6.58 Å². The van der Waals surface area contributed by atoms with Crippen molar-refractivity contribution in [3.05, 3.63) is 24.3 Å². The first-order chi connectivity index (χ1) is 5.16. The monoisotopic (exact) mass is 156 g/mol. The van der Waals surface area contributed by atoms with Crippen molar-refractivity contribution >= 4 is 5.97 Å². The quantitative estimate of drug-likeness (QED) is 0.370. The number of ether oxygens (including phenoxy) is 1. The predicted octanol–water partition coefficient (Wildman–Crippen LogP) is 1.22. The summed E-state index contributed by atoms with van der Waals surface area (Å²) in [6, 6.07) is 0. The zero-order valence-electron chi connectivity index (χ0n) is 6.54. The molecule has 0 aromatic rings. The van der Waals surface area contributed by atoms with Gasteiger partial charge in [0.05, 0.1) is 13.2 Å². The smallest absolute Gasteiger partial charge is 0.328 e. The third-order valence-corrected chi connectivity index (χ3v) is 0.935. The number of rotatable bonds is 5. The lowest BCUT2D eigenvalue weighted by molar-refractivity contribution is -0.131. The molecule has 0 atom stereocenters. The molecule has 0 saturated carbocycles. The number of hydrogen-bond acceptors (Lipinski definition) is 2. The Bertz CT molecular complexity index is 170. The topological polar surface area (TPSA) is 46.5 Å². The van der Waals surface area contributed by atoms with E-state index in [4.69, 9.17) is 9.84 Å². The van der Waals surface area contributed by atoms with Gasteiger partial charge >= 0.3 is 5.97 Å². The first-order valence-electron chi connectivity index (χ1n) is 3.25. The fourth-order valence-electron chi connectivity index (χ4n) is 0.556. The summed E-state index contributed by atoms with van der Waals surface area (Å²) < 4.78 is 5.00. The van der Waals surface area contributed by atoms with Gasteiger partial charge in [-0.1, -0.05) is 6.08 Å². The Morgan fingerprint density at radius 2 is 2.36 bits per heavy atom. The Kier molecular flexibility index (Phi) is 5.11. The van der Waals surface area contributed by atoms with Gasteiger partial charge in [-0.3, -0.25) is 0 Å². The van der Waals surface area contributed by atoms with E-state index >= 15 is 0 Å². The molecule has 1 N–H and O–H groups in total. The highest BCUT2D eigenvalue weighted by Gasteiger charge is 1.92. The average Bonchev–Trinajstić information content (AvgIpc) is 1.86. The highest BCUT2D eigenvalue weighted by Crippen LogP contribution is 1.92. The number of carbonyl (C=O) groups is 1. The Morgan fingerprint density at radius 3 is 2.82 bits per heavy atom. The first kappa shape index (κ1) is 9.91. The van der Waals surface area contributed by atoms with Crippen molar-refractivity contribution in [2.75, 3.05) is 13.2 Å². The Morgan fingerprint density at radius 1 is 1.73 bits per heavy atom. The largest absolute Gasteiger partial charge is 0.478 e. The van der Waals surface area contributed by atoms with Gasteiger partial charge in [-0.05, 0) is 12.5 Å². The zero-order valence-corrected chi connectivity index (χ0v) is 6.54. The van der Waals surface area contributed by atoms with E-state index in [1.54, 1.807) is 13.0 Å². The summed E-state index contributed by atoms with van der Waals surface area (Å²) in [5.41, 5.74) is 0.694. The van der Waals surface area contributed by atoms with Crippen LogP contribution in [0.1, 0.15) is 6.92 Å². The van der Waals surface area contributed by atoms with Gasteiger partial charge in [0, 0.05) is 6.08 Å². The third-order valence-electron chi connectivity index (χ3n) is 0.935. The molecule has 0 saturated heterocycles. The van der Waals surface area contributed by atoms with Gasteiger partial charge in [-0.25, -0.2) is 4.79 Å².